The number of hydrogen-bond donors (Lipinski definition) is 2. The van der Waals surface area contributed by atoms with Crippen molar-refractivity contribution in [2.75, 3.05) is 14.1 Å². The van der Waals surface area contributed by atoms with Gasteiger partial charge in [0.25, 0.3) is 0 Å². The molecule has 1 aromatic carbocycles. The SMILES string of the molecule is CCC(CC)(C(NN)c1cc(C)cc(C)c1)N(C)C. The van der Waals surface area contributed by atoms with Crippen LogP contribution in [0.2, 0.25) is 0 Å². The lowest BCUT2D eigenvalue weighted by Gasteiger charge is -2.45. The summed E-state index contributed by atoms with van der Waals surface area (Å²) in [5.41, 5.74) is 6.94. The van der Waals surface area contributed by atoms with Gasteiger partial charge in [-0.25, -0.2) is 0 Å². The van der Waals surface area contributed by atoms with Gasteiger partial charge in [-0.3, -0.25) is 11.3 Å². The van der Waals surface area contributed by atoms with Gasteiger partial charge in [0.2, 0.25) is 0 Å². The van der Waals surface area contributed by atoms with Crippen molar-refractivity contribution in [2.45, 2.75) is 52.1 Å². The largest absolute Gasteiger partial charge is 0.302 e. The zero-order valence-electron chi connectivity index (χ0n) is 13.2. The van der Waals surface area contributed by atoms with Gasteiger partial charge in [0.1, 0.15) is 0 Å². The first-order chi connectivity index (χ1) is 8.91. The molecule has 0 radical (unpaired) electrons. The van der Waals surface area contributed by atoms with Crippen LogP contribution in [0.3, 0.4) is 0 Å². The van der Waals surface area contributed by atoms with Gasteiger partial charge in [0.05, 0.1) is 6.04 Å². The zero-order valence-corrected chi connectivity index (χ0v) is 13.2. The zero-order chi connectivity index (χ0) is 14.6. The molecule has 0 aromatic heterocycles. The van der Waals surface area contributed by atoms with Gasteiger partial charge in [-0.1, -0.05) is 43.2 Å². The summed E-state index contributed by atoms with van der Waals surface area (Å²) in [6.45, 7) is 8.74. The molecule has 1 rings (SSSR count). The molecule has 0 saturated carbocycles. The minimum Gasteiger partial charge on any atom is -0.302 e. The molecule has 1 atom stereocenters. The minimum atomic E-state index is 0.0367. The first-order valence-corrected chi connectivity index (χ1v) is 7.13. The van der Waals surface area contributed by atoms with Gasteiger partial charge in [0.15, 0.2) is 0 Å². The summed E-state index contributed by atoms with van der Waals surface area (Å²) in [4.78, 5) is 2.30. The number of hydrazine groups is 1. The Morgan fingerprint density at radius 1 is 1.11 bits per heavy atom. The molecule has 3 nitrogen and oxygen atoms in total. The Bertz CT molecular complexity index is 388. The lowest BCUT2D eigenvalue weighted by Crippen LogP contribution is -2.54. The molecule has 0 saturated heterocycles. The van der Waals surface area contributed by atoms with Crippen LogP contribution in [-0.4, -0.2) is 24.5 Å². The van der Waals surface area contributed by atoms with E-state index in [0.29, 0.717) is 0 Å². The fourth-order valence-electron chi connectivity index (χ4n) is 3.29. The molecule has 108 valence electrons. The summed E-state index contributed by atoms with van der Waals surface area (Å²) in [6.07, 6.45) is 2.11. The van der Waals surface area contributed by atoms with Crippen molar-refractivity contribution in [3.8, 4) is 0 Å². The van der Waals surface area contributed by atoms with E-state index in [1.54, 1.807) is 0 Å². The van der Waals surface area contributed by atoms with Gasteiger partial charge >= 0.3 is 0 Å². The van der Waals surface area contributed by atoms with Crippen LogP contribution in [0.5, 0.6) is 0 Å². The average Bonchev–Trinajstić information content (AvgIpc) is 2.34. The van der Waals surface area contributed by atoms with Crippen molar-refractivity contribution >= 4 is 0 Å². The van der Waals surface area contributed by atoms with Crippen molar-refractivity contribution in [1.29, 1.82) is 0 Å². The Hall–Kier alpha value is -0.900. The van der Waals surface area contributed by atoms with E-state index in [-0.39, 0.29) is 11.6 Å². The number of rotatable bonds is 6. The Morgan fingerprint density at radius 3 is 1.89 bits per heavy atom. The molecule has 0 aliphatic heterocycles. The Morgan fingerprint density at radius 2 is 1.58 bits per heavy atom. The van der Waals surface area contributed by atoms with Crippen molar-refractivity contribution in [2.24, 2.45) is 5.84 Å². The number of nitrogens with two attached hydrogens (primary N) is 1. The van der Waals surface area contributed by atoms with Gasteiger partial charge in [0, 0.05) is 5.54 Å². The molecule has 0 fully saturated rings. The number of aryl methyl sites for hydroxylation is 2. The van der Waals surface area contributed by atoms with E-state index in [2.05, 4.69) is 70.3 Å². The minimum absolute atomic E-state index is 0.0367. The summed E-state index contributed by atoms with van der Waals surface area (Å²) in [5, 5.41) is 0. The Labute approximate surface area is 118 Å². The molecule has 3 N–H and O–H groups in total. The third-order valence-corrected chi connectivity index (χ3v) is 4.40. The second-order valence-electron chi connectivity index (χ2n) is 5.73. The number of nitrogens with zero attached hydrogens (tertiary/aromatic N) is 1. The molecular formula is C16H29N3. The van der Waals surface area contributed by atoms with Crippen LogP contribution in [-0.2, 0) is 0 Å². The van der Waals surface area contributed by atoms with Gasteiger partial charge in [-0.05, 0) is 46.3 Å². The van der Waals surface area contributed by atoms with Crippen LogP contribution in [0.15, 0.2) is 18.2 Å². The predicted molar refractivity (Wildman–Crippen MR) is 83.0 cm³/mol. The lowest BCUT2D eigenvalue weighted by atomic mass is 9.79. The fraction of sp³-hybridized carbons (Fsp3) is 0.625. The van der Waals surface area contributed by atoms with E-state index in [4.69, 9.17) is 5.84 Å². The number of nitrogens with one attached hydrogen (secondary N) is 1. The maximum Gasteiger partial charge on any atom is 0.0643 e. The molecule has 0 aliphatic carbocycles. The van der Waals surface area contributed by atoms with Crippen molar-refractivity contribution in [3.05, 3.63) is 34.9 Å². The summed E-state index contributed by atoms with van der Waals surface area (Å²) in [7, 11) is 4.28. The van der Waals surface area contributed by atoms with Crippen LogP contribution in [0.4, 0.5) is 0 Å². The molecule has 3 heteroatoms. The maximum atomic E-state index is 5.90. The second kappa shape index (κ2) is 6.51. The number of benzene rings is 1. The molecule has 1 aromatic rings. The number of likely N-dealkylation sites (N-methyl/N-ethyl adjacent to an activating group) is 1. The molecular weight excluding hydrogens is 234 g/mol. The highest BCUT2D eigenvalue weighted by atomic mass is 15.3. The Balaban J connectivity index is 3.31. The number of hydrogen-bond acceptors (Lipinski definition) is 3. The molecule has 1 unspecified atom stereocenters. The molecule has 0 heterocycles. The van der Waals surface area contributed by atoms with Gasteiger partial charge in [-0.15, -0.1) is 0 Å². The quantitative estimate of drug-likeness (QED) is 0.612. The van der Waals surface area contributed by atoms with Crippen LogP contribution in [0, 0.1) is 13.8 Å². The second-order valence-corrected chi connectivity index (χ2v) is 5.73. The van der Waals surface area contributed by atoms with E-state index in [0.717, 1.165) is 12.8 Å². The standard InChI is InChI=1S/C16H29N3/c1-7-16(8-2,19(5)6)15(18-17)14-10-12(3)9-13(4)11-14/h9-11,15,18H,7-8,17H2,1-6H3. The maximum absolute atomic E-state index is 5.90. The summed E-state index contributed by atoms with van der Waals surface area (Å²) in [5.74, 6) is 5.90. The monoisotopic (exact) mass is 263 g/mol. The molecule has 0 aliphatic rings. The van der Waals surface area contributed by atoms with E-state index in [1.165, 1.54) is 16.7 Å². The molecule has 19 heavy (non-hydrogen) atoms. The average molecular weight is 263 g/mol. The summed E-state index contributed by atoms with van der Waals surface area (Å²) in [6, 6.07) is 6.81. The highest BCUT2D eigenvalue weighted by Gasteiger charge is 2.38. The van der Waals surface area contributed by atoms with Crippen molar-refractivity contribution in [3.63, 3.8) is 0 Å². The first kappa shape index (κ1) is 16.2. The highest BCUT2D eigenvalue weighted by molar-refractivity contribution is 5.32. The van der Waals surface area contributed by atoms with Crippen LogP contribution < -0.4 is 11.3 Å². The third kappa shape index (κ3) is 3.16. The smallest absolute Gasteiger partial charge is 0.0643 e. The summed E-state index contributed by atoms with van der Waals surface area (Å²) < 4.78 is 0. The fourth-order valence-corrected chi connectivity index (χ4v) is 3.29. The van der Waals surface area contributed by atoms with Crippen LogP contribution in [0.25, 0.3) is 0 Å². The van der Waals surface area contributed by atoms with Crippen molar-refractivity contribution < 1.29 is 0 Å². The van der Waals surface area contributed by atoms with E-state index >= 15 is 0 Å². The predicted octanol–water partition coefficient (Wildman–Crippen LogP) is 2.93. The molecule has 0 spiro atoms. The van der Waals surface area contributed by atoms with E-state index in [1.807, 2.05) is 0 Å². The Kier molecular flexibility index (Phi) is 5.53. The molecule has 0 amide bonds. The normalized spacial score (nSPS) is 13.9. The van der Waals surface area contributed by atoms with Crippen LogP contribution >= 0.6 is 0 Å². The lowest BCUT2D eigenvalue weighted by molar-refractivity contribution is 0.0881. The van der Waals surface area contributed by atoms with Crippen LogP contribution in [0.1, 0.15) is 49.4 Å². The van der Waals surface area contributed by atoms with Gasteiger partial charge in [-0.2, -0.15) is 0 Å². The first-order valence-electron chi connectivity index (χ1n) is 7.13. The van der Waals surface area contributed by atoms with Gasteiger partial charge < -0.3 is 4.90 Å². The van der Waals surface area contributed by atoms with Crippen molar-refractivity contribution in [1.82, 2.24) is 10.3 Å². The van der Waals surface area contributed by atoms with E-state index in [9.17, 15) is 0 Å². The topological polar surface area (TPSA) is 41.3 Å². The molecule has 0 bridgehead atoms. The highest BCUT2D eigenvalue weighted by Crippen LogP contribution is 2.36. The summed E-state index contributed by atoms with van der Waals surface area (Å²) >= 11 is 0. The third-order valence-electron chi connectivity index (χ3n) is 4.40. The van der Waals surface area contributed by atoms with E-state index < -0.39 is 0 Å².